The maximum absolute atomic E-state index is 2.21. The van der Waals surface area contributed by atoms with Gasteiger partial charge in [-0.15, -0.1) is 0 Å². The predicted octanol–water partition coefficient (Wildman–Crippen LogP) is -1.27. The lowest BCUT2D eigenvalue weighted by molar-refractivity contribution is -0.692. The Bertz CT molecular complexity index is 191. The fourth-order valence-corrected chi connectivity index (χ4v) is 1.53. The van der Waals surface area contributed by atoms with Crippen molar-refractivity contribution >= 4 is 11.8 Å². The molecule has 0 amide bonds. The topological polar surface area (TPSA) is 3.88 Å². The predicted molar refractivity (Wildman–Crippen MR) is 49.6 cm³/mol. The number of nitrogens with zero attached hydrogens (tertiary/aromatic N) is 1. The van der Waals surface area contributed by atoms with Gasteiger partial charge in [0.1, 0.15) is 0 Å². The van der Waals surface area contributed by atoms with Crippen LogP contribution < -0.4 is 17.0 Å². The summed E-state index contributed by atoms with van der Waals surface area (Å²) in [5.41, 5.74) is 0. The van der Waals surface area contributed by atoms with Gasteiger partial charge in [0.25, 0.3) is 0 Å². The van der Waals surface area contributed by atoms with Crippen molar-refractivity contribution in [2.24, 2.45) is 0 Å². The Morgan fingerprint density at radius 1 is 1.17 bits per heavy atom. The van der Waals surface area contributed by atoms with E-state index in [0.717, 1.165) is 6.54 Å². The minimum absolute atomic E-state index is 0. The van der Waals surface area contributed by atoms with Crippen molar-refractivity contribution in [2.75, 3.05) is 11.5 Å². The summed E-state index contributed by atoms with van der Waals surface area (Å²) in [5, 5.41) is 0. The summed E-state index contributed by atoms with van der Waals surface area (Å²) in [6.07, 6.45) is 4.21. The highest BCUT2D eigenvalue weighted by Gasteiger charge is 1.95. The van der Waals surface area contributed by atoms with Crippen LogP contribution in [0.5, 0.6) is 0 Å². The van der Waals surface area contributed by atoms with Gasteiger partial charge < -0.3 is 12.4 Å². The van der Waals surface area contributed by atoms with E-state index in [1.54, 1.807) is 0 Å². The zero-order valence-electron chi connectivity index (χ0n) is 7.24. The van der Waals surface area contributed by atoms with Crippen LogP contribution >= 0.6 is 11.8 Å². The van der Waals surface area contributed by atoms with Gasteiger partial charge >= 0.3 is 0 Å². The molecule has 1 aromatic heterocycles. The molecular formula is C9H14ClNS. The summed E-state index contributed by atoms with van der Waals surface area (Å²) in [5.74, 6) is 2.43. The van der Waals surface area contributed by atoms with Crippen LogP contribution in [0, 0.1) is 0 Å². The summed E-state index contributed by atoms with van der Waals surface area (Å²) >= 11 is 1.98. The largest absolute Gasteiger partial charge is 1.00 e. The average Bonchev–Trinajstić information content (AvgIpc) is 2.07. The molecule has 0 saturated carbocycles. The van der Waals surface area contributed by atoms with E-state index in [4.69, 9.17) is 0 Å². The van der Waals surface area contributed by atoms with Crippen molar-refractivity contribution in [1.29, 1.82) is 0 Å². The standard InChI is InChI=1S/C9H14NS.ClH/c1-2-11-9-8-10-6-4-3-5-7-10;/h3-7H,2,8-9H2,1H3;1H/q+1;/p-1. The number of thioether (sulfide) groups is 1. The van der Waals surface area contributed by atoms with E-state index in [0.29, 0.717) is 0 Å². The third-order valence-electron chi connectivity index (χ3n) is 1.48. The Hall–Kier alpha value is -0.210. The van der Waals surface area contributed by atoms with Gasteiger partial charge in [0.05, 0.1) is 5.75 Å². The molecule has 1 aromatic rings. The lowest BCUT2D eigenvalue weighted by atomic mass is 10.5. The Morgan fingerprint density at radius 3 is 2.42 bits per heavy atom. The van der Waals surface area contributed by atoms with Crippen LogP contribution in [0.3, 0.4) is 0 Å². The van der Waals surface area contributed by atoms with E-state index < -0.39 is 0 Å². The summed E-state index contributed by atoms with van der Waals surface area (Å²) in [7, 11) is 0. The lowest BCUT2D eigenvalue weighted by Crippen LogP contribution is -3.00. The van der Waals surface area contributed by atoms with E-state index in [1.165, 1.54) is 11.5 Å². The number of halogens is 1. The van der Waals surface area contributed by atoms with Crippen LogP contribution in [-0.2, 0) is 6.54 Å². The fourth-order valence-electron chi connectivity index (χ4n) is 0.898. The first-order valence-corrected chi connectivity index (χ1v) is 5.11. The molecule has 0 aliphatic rings. The van der Waals surface area contributed by atoms with Gasteiger partial charge in [-0.05, 0) is 5.75 Å². The summed E-state index contributed by atoms with van der Waals surface area (Å²) in [6.45, 7) is 3.32. The molecule has 12 heavy (non-hydrogen) atoms. The highest BCUT2D eigenvalue weighted by molar-refractivity contribution is 7.99. The fraction of sp³-hybridized carbons (Fsp3) is 0.444. The number of rotatable bonds is 4. The van der Waals surface area contributed by atoms with Crippen LogP contribution in [0.4, 0.5) is 0 Å². The molecule has 0 aromatic carbocycles. The van der Waals surface area contributed by atoms with Crippen LogP contribution in [0.1, 0.15) is 6.92 Å². The van der Waals surface area contributed by atoms with Crippen molar-refractivity contribution in [1.82, 2.24) is 0 Å². The Morgan fingerprint density at radius 2 is 1.83 bits per heavy atom. The second kappa shape index (κ2) is 7.44. The first-order chi connectivity index (χ1) is 5.43. The van der Waals surface area contributed by atoms with Crippen molar-refractivity contribution in [3.8, 4) is 0 Å². The summed E-state index contributed by atoms with van der Waals surface area (Å²) < 4.78 is 2.21. The van der Waals surface area contributed by atoms with E-state index in [2.05, 4.69) is 36.0 Å². The van der Waals surface area contributed by atoms with Crippen molar-refractivity contribution in [3.63, 3.8) is 0 Å². The molecule has 0 unspecified atom stereocenters. The molecule has 1 heterocycles. The second-order valence-electron chi connectivity index (χ2n) is 2.31. The molecule has 0 aliphatic heterocycles. The molecular weight excluding hydrogens is 190 g/mol. The molecule has 68 valence electrons. The molecule has 1 rings (SSSR count). The summed E-state index contributed by atoms with van der Waals surface area (Å²) in [6, 6.07) is 6.18. The number of aromatic nitrogens is 1. The third kappa shape index (κ3) is 4.62. The number of aryl methyl sites for hydroxylation is 1. The number of hydrogen-bond acceptors (Lipinski definition) is 1. The Kier molecular flexibility index (Phi) is 7.31. The number of pyridine rings is 1. The molecule has 0 atom stereocenters. The maximum atomic E-state index is 2.21. The molecule has 0 radical (unpaired) electrons. The molecule has 0 aliphatic carbocycles. The molecule has 0 N–H and O–H groups in total. The first kappa shape index (κ1) is 11.8. The second-order valence-corrected chi connectivity index (χ2v) is 3.70. The first-order valence-electron chi connectivity index (χ1n) is 3.95. The SMILES string of the molecule is CCSCC[n+]1ccccc1.[Cl-]. The van der Waals surface area contributed by atoms with Gasteiger partial charge in [-0.25, -0.2) is 4.57 Å². The van der Waals surface area contributed by atoms with E-state index >= 15 is 0 Å². The van der Waals surface area contributed by atoms with E-state index in [-0.39, 0.29) is 12.4 Å². The quantitative estimate of drug-likeness (QED) is 0.436. The molecule has 0 bridgehead atoms. The van der Waals surface area contributed by atoms with Crippen LogP contribution in [-0.4, -0.2) is 11.5 Å². The molecule has 0 fully saturated rings. The monoisotopic (exact) mass is 203 g/mol. The normalized spacial score (nSPS) is 9.08. The highest BCUT2D eigenvalue weighted by atomic mass is 35.5. The van der Waals surface area contributed by atoms with Crippen molar-refractivity contribution in [3.05, 3.63) is 30.6 Å². The molecule has 3 heteroatoms. The lowest BCUT2D eigenvalue weighted by Gasteiger charge is -1.93. The van der Waals surface area contributed by atoms with Gasteiger partial charge in [0.2, 0.25) is 0 Å². The Balaban J connectivity index is 0.00000121. The van der Waals surface area contributed by atoms with Gasteiger partial charge in [-0.2, -0.15) is 11.8 Å². The van der Waals surface area contributed by atoms with E-state index in [1.807, 2.05) is 17.8 Å². The molecule has 1 nitrogen and oxygen atoms in total. The minimum atomic E-state index is 0. The van der Waals surface area contributed by atoms with Crippen LogP contribution in [0.25, 0.3) is 0 Å². The van der Waals surface area contributed by atoms with E-state index in [9.17, 15) is 0 Å². The van der Waals surface area contributed by atoms with Gasteiger partial charge in [0, 0.05) is 12.1 Å². The third-order valence-corrected chi connectivity index (χ3v) is 2.35. The van der Waals surface area contributed by atoms with Crippen molar-refractivity contribution < 1.29 is 17.0 Å². The zero-order chi connectivity index (χ0) is 7.94. The molecule has 0 saturated heterocycles. The maximum Gasteiger partial charge on any atom is 0.168 e. The van der Waals surface area contributed by atoms with Crippen LogP contribution in [0.15, 0.2) is 30.6 Å². The Labute approximate surface area is 84.6 Å². The van der Waals surface area contributed by atoms with Crippen LogP contribution in [0.2, 0.25) is 0 Å². The van der Waals surface area contributed by atoms with Gasteiger partial charge in [0.15, 0.2) is 18.9 Å². The highest BCUT2D eigenvalue weighted by Crippen LogP contribution is 1.95. The van der Waals surface area contributed by atoms with Gasteiger partial charge in [-0.3, -0.25) is 0 Å². The molecule has 0 spiro atoms. The minimum Gasteiger partial charge on any atom is -1.00 e. The average molecular weight is 204 g/mol. The smallest absolute Gasteiger partial charge is 0.168 e. The van der Waals surface area contributed by atoms with Gasteiger partial charge in [-0.1, -0.05) is 13.0 Å². The number of hydrogen-bond donors (Lipinski definition) is 0. The van der Waals surface area contributed by atoms with Crippen molar-refractivity contribution in [2.45, 2.75) is 13.5 Å². The zero-order valence-corrected chi connectivity index (χ0v) is 8.81. The summed E-state index contributed by atoms with van der Waals surface area (Å²) in [4.78, 5) is 0.